The molecule has 1 aromatic heterocycles. The van der Waals surface area contributed by atoms with Crippen LogP contribution in [0.4, 0.5) is 5.69 Å². The van der Waals surface area contributed by atoms with Crippen molar-refractivity contribution in [2.24, 2.45) is 0 Å². The third kappa shape index (κ3) is 5.64. The highest BCUT2D eigenvalue weighted by atomic mass is 16.5. The van der Waals surface area contributed by atoms with Crippen LogP contribution in [0, 0.1) is 13.8 Å². The van der Waals surface area contributed by atoms with Crippen LogP contribution in [0.5, 0.6) is 11.5 Å². The number of fused-ring (bicyclic) bond motifs is 1. The predicted molar refractivity (Wildman–Crippen MR) is 156 cm³/mol. The first kappa shape index (κ1) is 28.6. The van der Waals surface area contributed by atoms with Gasteiger partial charge in [0.25, 0.3) is 0 Å². The van der Waals surface area contributed by atoms with Gasteiger partial charge in [0.2, 0.25) is 11.8 Å². The van der Waals surface area contributed by atoms with Crippen LogP contribution in [0.2, 0.25) is 0 Å². The number of aromatic nitrogens is 3. The lowest BCUT2D eigenvalue weighted by Crippen LogP contribution is -2.51. The first-order valence-electron chi connectivity index (χ1n) is 13.3. The van der Waals surface area contributed by atoms with Crippen molar-refractivity contribution in [2.45, 2.75) is 59.2 Å². The second kappa shape index (κ2) is 11.8. The Morgan fingerprint density at radius 3 is 2.30 bits per heavy atom. The van der Waals surface area contributed by atoms with E-state index in [1.165, 1.54) is 7.11 Å². The van der Waals surface area contributed by atoms with Crippen LogP contribution in [-0.2, 0) is 16.1 Å². The molecule has 0 aliphatic heterocycles. The topological polar surface area (TPSA) is 98.6 Å². The van der Waals surface area contributed by atoms with Crippen molar-refractivity contribution in [2.75, 3.05) is 19.1 Å². The van der Waals surface area contributed by atoms with Crippen molar-refractivity contribution in [3.8, 4) is 11.5 Å². The lowest BCUT2D eigenvalue weighted by Gasteiger charge is -2.36. The molecule has 210 valence electrons. The van der Waals surface area contributed by atoms with Gasteiger partial charge in [-0.3, -0.25) is 14.5 Å². The van der Waals surface area contributed by atoms with E-state index in [1.807, 2.05) is 77.1 Å². The van der Waals surface area contributed by atoms with E-state index in [0.717, 1.165) is 16.6 Å². The molecule has 1 unspecified atom stereocenters. The molecule has 0 spiro atoms. The van der Waals surface area contributed by atoms with Gasteiger partial charge >= 0.3 is 0 Å². The molecule has 3 aromatic carbocycles. The summed E-state index contributed by atoms with van der Waals surface area (Å²) in [5.74, 6) is 0.184. The third-order valence-corrected chi connectivity index (χ3v) is 7.23. The summed E-state index contributed by atoms with van der Waals surface area (Å²) < 4.78 is 12.9. The second-order valence-electron chi connectivity index (χ2n) is 10.5. The van der Waals surface area contributed by atoms with Gasteiger partial charge in [0.15, 0.2) is 11.5 Å². The summed E-state index contributed by atoms with van der Waals surface area (Å²) >= 11 is 0. The number of para-hydroxylation sites is 3. The highest BCUT2D eigenvalue weighted by Gasteiger charge is 2.38. The average molecular weight is 544 g/mol. The molecule has 0 aliphatic carbocycles. The van der Waals surface area contributed by atoms with E-state index in [0.29, 0.717) is 34.7 Å². The zero-order valence-electron chi connectivity index (χ0n) is 24.2. The van der Waals surface area contributed by atoms with E-state index >= 15 is 0 Å². The quantitative estimate of drug-likeness (QED) is 0.297. The molecule has 4 aromatic rings. The minimum Gasteiger partial charge on any atom is -0.493 e. The SMILES string of the molecule is CCC(C)(C)NC(=O)C(c1cccc(OC)c1OC)N(C(=O)Cn1nnc2ccccc21)c1c(C)cccc1C. The molecule has 0 saturated heterocycles. The van der Waals surface area contributed by atoms with E-state index < -0.39 is 11.6 Å². The van der Waals surface area contributed by atoms with Gasteiger partial charge in [-0.1, -0.05) is 54.6 Å². The van der Waals surface area contributed by atoms with Gasteiger partial charge in [0, 0.05) is 11.1 Å². The fraction of sp³-hybridized carbons (Fsp3) is 0.355. The Morgan fingerprint density at radius 2 is 1.65 bits per heavy atom. The molecule has 1 N–H and O–H groups in total. The Kier molecular flexibility index (Phi) is 8.42. The van der Waals surface area contributed by atoms with Crippen molar-refractivity contribution in [3.05, 3.63) is 77.4 Å². The molecule has 4 rings (SSSR count). The Bertz CT molecular complexity index is 1510. The summed E-state index contributed by atoms with van der Waals surface area (Å²) in [5, 5.41) is 11.6. The van der Waals surface area contributed by atoms with Crippen LogP contribution in [0.1, 0.15) is 49.9 Å². The fourth-order valence-corrected chi connectivity index (χ4v) is 4.84. The number of hydrogen-bond acceptors (Lipinski definition) is 6. The number of carbonyl (C=O) groups excluding carboxylic acids is 2. The van der Waals surface area contributed by atoms with Crippen molar-refractivity contribution in [1.82, 2.24) is 20.3 Å². The Balaban J connectivity index is 1.95. The van der Waals surface area contributed by atoms with Crippen LogP contribution < -0.4 is 19.7 Å². The standard InChI is InChI=1S/C31H37N5O4/c1-8-31(4,5)32-30(38)28(22-15-12-18-25(39-6)29(22)40-7)36(27-20(2)13-11-14-21(27)3)26(37)19-35-24-17-10-9-16-23(24)33-34-35/h9-18,28H,8,19H2,1-7H3,(H,32,38). The Hall–Kier alpha value is -4.40. The summed E-state index contributed by atoms with van der Waals surface area (Å²) in [4.78, 5) is 30.3. The first-order valence-corrected chi connectivity index (χ1v) is 13.3. The number of benzene rings is 3. The molecular formula is C31H37N5O4. The maximum atomic E-state index is 14.5. The summed E-state index contributed by atoms with van der Waals surface area (Å²) in [6, 6.07) is 17.5. The first-order chi connectivity index (χ1) is 19.1. The molecule has 0 aliphatic rings. The number of amides is 2. The highest BCUT2D eigenvalue weighted by Crippen LogP contribution is 2.41. The Labute approximate surface area is 235 Å². The summed E-state index contributed by atoms with van der Waals surface area (Å²) in [5.41, 5.74) is 3.75. The lowest BCUT2D eigenvalue weighted by atomic mass is 9.96. The molecule has 9 heteroatoms. The average Bonchev–Trinajstić information content (AvgIpc) is 3.34. The van der Waals surface area contributed by atoms with Crippen molar-refractivity contribution < 1.29 is 19.1 Å². The van der Waals surface area contributed by atoms with Gasteiger partial charge in [-0.05, 0) is 63.4 Å². The van der Waals surface area contributed by atoms with Gasteiger partial charge in [-0.25, -0.2) is 4.68 Å². The summed E-state index contributed by atoms with van der Waals surface area (Å²) in [6.07, 6.45) is 0.697. The highest BCUT2D eigenvalue weighted by molar-refractivity contribution is 6.03. The molecule has 0 radical (unpaired) electrons. The maximum absolute atomic E-state index is 14.5. The zero-order valence-corrected chi connectivity index (χ0v) is 24.2. The van der Waals surface area contributed by atoms with E-state index in [4.69, 9.17) is 9.47 Å². The molecule has 0 bridgehead atoms. The zero-order chi connectivity index (χ0) is 29.0. The monoisotopic (exact) mass is 543 g/mol. The predicted octanol–water partition coefficient (Wildman–Crippen LogP) is 5.14. The van der Waals surface area contributed by atoms with Gasteiger partial charge < -0.3 is 14.8 Å². The van der Waals surface area contributed by atoms with Crippen LogP contribution in [0.25, 0.3) is 11.0 Å². The van der Waals surface area contributed by atoms with E-state index in [-0.39, 0.29) is 18.4 Å². The largest absolute Gasteiger partial charge is 0.493 e. The van der Waals surface area contributed by atoms with Crippen molar-refractivity contribution in [1.29, 1.82) is 0 Å². The van der Waals surface area contributed by atoms with Crippen LogP contribution in [0.15, 0.2) is 60.7 Å². The molecule has 1 heterocycles. The van der Waals surface area contributed by atoms with Crippen molar-refractivity contribution >= 4 is 28.5 Å². The van der Waals surface area contributed by atoms with Crippen molar-refractivity contribution in [3.63, 3.8) is 0 Å². The number of rotatable bonds is 10. The number of anilines is 1. The van der Waals surface area contributed by atoms with Crippen LogP contribution in [-0.4, -0.2) is 46.6 Å². The number of aryl methyl sites for hydroxylation is 2. The van der Waals surface area contributed by atoms with Gasteiger partial charge in [-0.15, -0.1) is 5.10 Å². The van der Waals surface area contributed by atoms with Gasteiger partial charge in [0.05, 0.1) is 25.4 Å². The molecule has 0 fully saturated rings. The Morgan fingerprint density at radius 1 is 0.975 bits per heavy atom. The number of hydrogen-bond donors (Lipinski definition) is 1. The van der Waals surface area contributed by atoms with E-state index in [1.54, 1.807) is 34.9 Å². The van der Waals surface area contributed by atoms with E-state index in [9.17, 15) is 9.59 Å². The minimum absolute atomic E-state index is 0.123. The molecule has 2 amide bonds. The molecule has 0 saturated carbocycles. The second-order valence-corrected chi connectivity index (χ2v) is 10.5. The molecule has 1 atom stereocenters. The van der Waals surface area contributed by atoms with E-state index in [2.05, 4.69) is 15.6 Å². The summed E-state index contributed by atoms with van der Waals surface area (Å²) in [6.45, 7) is 9.66. The number of nitrogens with one attached hydrogen (secondary N) is 1. The van der Waals surface area contributed by atoms with Crippen LogP contribution in [0.3, 0.4) is 0 Å². The number of carbonyl (C=O) groups is 2. The maximum Gasteiger partial charge on any atom is 0.249 e. The number of ether oxygens (including phenoxy) is 2. The van der Waals surface area contributed by atoms with Gasteiger partial charge in [-0.2, -0.15) is 0 Å². The number of methoxy groups -OCH3 is 2. The normalized spacial score (nSPS) is 12.2. The lowest BCUT2D eigenvalue weighted by molar-refractivity contribution is -0.128. The molecular weight excluding hydrogens is 506 g/mol. The summed E-state index contributed by atoms with van der Waals surface area (Å²) in [7, 11) is 3.07. The molecule has 40 heavy (non-hydrogen) atoms. The minimum atomic E-state index is -1.07. The fourth-order valence-electron chi connectivity index (χ4n) is 4.84. The van der Waals surface area contributed by atoms with Crippen LogP contribution >= 0.6 is 0 Å². The molecule has 9 nitrogen and oxygen atoms in total. The number of nitrogens with zero attached hydrogens (tertiary/aromatic N) is 4. The van der Waals surface area contributed by atoms with Gasteiger partial charge in [0.1, 0.15) is 18.1 Å². The third-order valence-electron chi connectivity index (χ3n) is 7.23. The smallest absolute Gasteiger partial charge is 0.249 e.